The SMILES string of the molecule is COc1ccc(OC)c(NC(=O)CC(C)=NNC(=O)C(=O)Nc2ccc(C)c(Cl)c2)c1. The largest absolute Gasteiger partial charge is 0.497 e. The molecule has 2 rings (SSSR count). The molecule has 0 heterocycles. The van der Waals surface area contributed by atoms with Crippen molar-refractivity contribution in [2.45, 2.75) is 20.3 Å². The summed E-state index contributed by atoms with van der Waals surface area (Å²) in [5.41, 5.74) is 4.06. The van der Waals surface area contributed by atoms with Crippen LogP contribution in [0.15, 0.2) is 41.5 Å². The summed E-state index contributed by atoms with van der Waals surface area (Å²) in [7, 11) is 2.99. The number of halogens is 1. The van der Waals surface area contributed by atoms with Gasteiger partial charge in [0.2, 0.25) is 5.91 Å². The summed E-state index contributed by atoms with van der Waals surface area (Å²) < 4.78 is 10.3. The molecule has 0 unspecified atom stereocenters. The number of benzene rings is 2. The van der Waals surface area contributed by atoms with E-state index in [-0.39, 0.29) is 12.3 Å². The second-order valence-electron chi connectivity index (χ2n) is 6.50. The van der Waals surface area contributed by atoms with E-state index in [9.17, 15) is 14.4 Å². The molecule has 31 heavy (non-hydrogen) atoms. The van der Waals surface area contributed by atoms with Crippen LogP contribution in [0, 0.1) is 6.92 Å². The van der Waals surface area contributed by atoms with Crippen molar-refractivity contribution in [2.75, 3.05) is 24.9 Å². The summed E-state index contributed by atoms with van der Waals surface area (Å²) in [6.45, 7) is 3.36. The Bertz CT molecular complexity index is 1020. The third-order valence-electron chi connectivity index (χ3n) is 4.08. The Balaban J connectivity index is 1.91. The number of aryl methyl sites for hydroxylation is 1. The lowest BCUT2D eigenvalue weighted by Gasteiger charge is -2.11. The van der Waals surface area contributed by atoms with Crippen molar-refractivity contribution in [2.24, 2.45) is 5.10 Å². The van der Waals surface area contributed by atoms with Crippen LogP contribution in [0.1, 0.15) is 18.9 Å². The molecule has 0 atom stereocenters. The van der Waals surface area contributed by atoms with Gasteiger partial charge in [-0.2, -0.15) is 5.10 Å². The number of ether oxygens (including phenoxy) is 2. The van der Waals surface area contributed by atoms with E-state index in [2.05, 4.69) is 21.2 Å². The highest BCUT2D eigenvalue weighted by atomic mass is 35.5. The topological polar surface area (TPSA) is 118 Å². The number of amides is 3. The monoisotopic (exact) mass is 446 g/mol. The first-order chi connectivity index (χ1) is 14.7. The molecule has 3 N–H and O–H groups in total. The molecule has 2 aromatic carbocycles. The standard InChI is InChI=1S/C21H23ClN4O5/c1-12-5-6-14(10-16(12)22)23-20(28)21(29)26-25-13(2)9-19(27)24-17-11-15(30-3)7-8-18(17)31-4/h5-8,10-11H,9H2,1-4H3,(H,23,28)(H,24,27)(H,26,29). The normalized spacial score (nSPS) is 10.8. The first-order valence-electron chi connectivity index (χ1n) is 9.16. The number of rotatable bonds is 7. The molecule has 0 saturated carbocycles. The first kappa shape index (κ1) is 23.7. The van der Waals surface area contributed by atoms with Gasteiger partial charge in [0, 0.05) is 22.5 Å². The molecular weight excluding hydrogens is 424 g/mol. The second kappa shape index (κ2) is 11.0. The van der Waals surface area contributed by atoms with Gasteiger partial charge in [0.15, 0.2) is 0 Å². The predicted octanol–water partition coefficient (Wildman–Crippen LogP) is 3.13. The number of methoxy groups -OCH3 is 2. The Morgan fingerprint density at radius 2 is 1.74 bits per heavy atom. The van der Waals surface area contributed by atoms with Crippen molar-refractivity contribution in [3.05, 3.63) is 47.0 Å². The predicted molar refractivity (Wildman–Crippen MR) is 119 cm³/mol. The van der Waals surface area contributed by atoms with E-state index in [4.69, 9.17) is 21.1 Å². The lowest BCUT2D eigenvalue weighted by Crippen LogP contribution is -2.33. The van der Waals surface area contributed by atoms with Crippen LogP contribution in [0.2, 0.25) is 5.02 Å². The molecule has 0 spiro atoms. The molecule has 0 aromatic heterocycles. The smallest absolute Gasteiger partial charge is 0.329 e. The molecule has 0 aliphatic rings. The Morgan fingerprint density at radius 1 is 1.00 bits per heavy atom. The zero-order chi connectivity index (χ0) is 23.0. The summed E-state index contributed by atoms with van der Waals surface area (Å²) in [6, 6.07) is 9.86. The van der Waals surface area contributed by atoms with E-state index in [1.807, 2.05) is 6.92 Å². The van der Waals surface area contributed by atoms with Crippen LogP contribution in [0.5, 0.6) is 11.5 Å². The fraction of sp³-hybridized carbons (Fsp3) is 0.238. The molecule has 0 radical (unpaired) electrons. The van der Waals surface area contributed by atoms with Crippen LogP contribution in [-0.2, 0) is 14.4 Å². The summed E-state index contributed by atoms with van der Waals surface area (Å²) in [5, 5.41) is 9.36. The van der Waals surface area contributed by atoms with Crippen LogP contribution in [0.3, 0.4) is 0 Å². The van der Waals surface area contributed by atoms with Crippen LogP contribution >= 0.6 is 11.6 Å². The zero-order valence-corrected chi connectivity index (χ0v) is 18.3. The van der Waals surface area contributed by atoms with Crippen molar-refractivity contribution >= 4 is 46.4 Å². The van der Waals surface area contributed by atoms with Gasteiger partial charge in [-0.15, -0.1) is 0 Å². The van der Waals surface area contributed by atoms with Crippen molar-refractivity contribution in [3.8, 4) is 11.5 Å². The minimum atomic E-state index is -0.981. The first-order valence-corrected chi connectivity index (χ1v) is 9.53. The summed E-state index contributed by atoms with van der Waals surface area (Å²) >= 11 is 6.00. The van der Waals surface area contributed by atoms with Gasteiger partial charge in [0.25, 0.3) is 0 Å². The van der Waals surface area contributed by atoms with Gasteiger partial charge >= 0.3 is 11.8 Å². The highest BCUT2D eigenvalue weighted by Crippen LogP contribution is 2.29. The fourth-order valence-corrected chi connectivity index (χ4v) is 2.61. The molecule has 0 aliphatic carbocycles. The third-order valence-corrected chi connectivity index (χ3v) is 4.49. The van der Waals surface area contributed by atoms with Crippen molar-refractivity contribution in [1.29, 1.82) is 0 Å². The van der Waals surface area contributed by atoms with E-state index in [0.717, 1.165) is 5.56 Å². The molecule has 3 amide bonds. The quantitative estimate of drug-likeness (QED) is 0.343. The highest BCUT2D eigenvalue weighted by molar-refractivity contribution is 6.40. The molecule has 9 nitrogen and oxygen atoms in total. The number of nitrogens with one attached hydrogen (secondary N) is 3. The molecule has 0 aliphatic heterocycles. The van der Waals surface area contributed by atoms with E-state index < -0.39 is 11.8 Å². The molecule has 0 saturated heterocycles. The zero-order valence-electron chi connectivity index (χ0n) is 17.5. The van der Waals surface area contributed by atoms with E-state index in [0.29, 0.717) is 33.6 Å². The van der Waals surface area contributed by atoms with Crippen molar-refractivity contribution in [3.63, 3.8) is 0 Å². The number of hydrazone groups is 1. The summed E-state index contributed by atoms with van der Waals surface area (Å²) in [6.07, 6.45) is -0.115. The lowest BCUT2D eigenvalue weighted by molar-refractivity contribution is -0.136. The fourth-order valence-electron chi connectivity index (χ4n) is 2.43. The average Bonchev–Trinajstić information content (AvgIpc) is 2.74. The van der Waals surface area contributed by atoms with Crippen LogP contribution in [-0.4, -0.2) is 37.7 Å². The van der Waals surface area contributed by atoms with Crippen molar-refractivity contribution < 1.29 is 23.9 Å². The van der Waals surface area contributed by atoms with Gasteiger partial charge < -0.3 is 20.1 Å². The van der Waals surface area contributed by atoms with E-state index in [1.54, 1.807) is 37.3 Å². The summed E-state index contributed by atoms with van der Waals surface area (Å²) in [5.74, 6) is -1.27. The van der Waals surface area contributed by atoms with Gasteiger partial charge in [-0.1, -0.05) is 17.7 Å². The Morgan fingerprint density at radius 3 is 2.39 bits per heavy atom. The lowest BCUT2D eigenvalue weighted by atomic mass is 10.2. The number of carbonyl (C=O) groups excluding carboxylic acids is 3. The second-order valence-corrected chi connectivity index (χ2v) is 6.90. The van der Waals surface area contributed by atoms with Gasteiger partial charge in [-0.3, -0.25) is 14.4 Å². The van der Waals surface area contributed by atoms with Crippen molar-refractivity contribution in [1.82, 2.24) is 5.43 Å². The number of hydrogen-bond donors (Lipinski definition) is 3. The Hall–Kier alpha value is -3.59. The number of hydrogen-bond acceptors (Lipinski definition) is 6. The molecule has 10 heteroatoms. The van der Waals surface area contributed by atoms with Gasteiger partial charge in [0.1, 0.15) is 11.5 Å². The number of anilines is 2. The van der Waals surface area contributed by atoms with Crippen LogP contribution in [0.25, 0.3) is 0 Å². The molecule has 0 fully saturated rings. The highest BCUT2D eigenvalue weighted by Gasteiger charge is 2.15. The molecule has 0 bridgehead atoms. The molecule has 164 valence electrons. The molecule has 2 aromatic rings. The Kier molecular flexibility index (Phi) is 8.39. The maximum Gasteiger partial charge on any atom is 0.329 e. The average molecular weight is 447 g/mol. The maximum atomic E-state index is 12.3. The third kappa shape index (κ3) is 7.00. The van der Waals surface area contributed by atoms with E-state index >= 15 is 0 Å². The van der Waals surface area contributed by atoms with Gasteiger partial charge in [-0.25, -0.2) is 5.43 Å². The minimum Gasteiger partial charge on any atom is -0.497 e. The molecular formula is C21H23ClN4O5. The number of nitrogens with zero attached hydrogens (tertiary/aromatic N) is 1. The van der Waals surface area contributed by atoms with Crippen LogP contribution < -0.4 is 25.5 Å². The summed E-state index contributed by atoms with van der Waals surface area (Å²) in [4.78, 5) is 36.2. The Labute approximate surface area is 184 Å². The van der Waals surface area contributed by atoms with Crippen LogP contribution in [0.4, 0.5) is 11.4 Å². The van der Waals surface area contributed by atoms with Gasteiger partial charge in [0.05, 0.1) is 26.3 Å². The number of carbonyl (C=O) groups is 3. The maximum absolute atomic E-state index is 12.3. The van der Waals surface area contributed by atoms with Gasteiger partial charge in [-0.05, 0) is 43.7 Å². The van der Waals surface area contributed by atoms with E-state index in [1.165, 1.54) is 20.3 Å². The minimum absolute atomic E-state index is 0.115.